The molecule has 1 aromatic heterocycles. The molecule has 2 aromatic rings. The van der Waals surface area contributed by atoms with Gasteiger partial charge in [0.25, 0.3) is 0 Å². The first-order chi connectivity index (χ1) is 9.93. The molecule has 21 heavy (non-hydrogen) atoms. The van der Waals surface area contributed by atoms with E-state index in [2.05, 4.69) is 0 Å². The summed E-state index contributed by atoms with van der Waals surface area (Å²) in [7, 11) is 1.47. The van der Waals surface area contributed by atoms with Gasteiger partial charge in [0.15, 0.2) is 5.43 Å². The standard InChI is InChI=1S/C14H11NO6/c1-21-10-4-2-8(3-5-10)15-11(13(17)18)6-9(16)7-12(15)14(19)20/h2-7H,1H3,(H,17,18)(H,19,20). The second-order valence-corrected chi connectivity index (χ2v) is 4.11. The summed E-state index contributed by atoms with van der Waals surface area (Å²) in [5.74, 6) is -2.26. The molecule has 0 unspecified atom stereocenters. The fraction of sp³-hybridized carbons (Fsp3) is 0.0714. The summed E-state index contributed by atoms with van der Waals surface area (Å²) in [6.07, 6.45) is 0. The normalized spacial score (nSPS) is 10.1. The second kappa shape index (κ2) is 5.49. The molecule has 0 amide bonds. The smallest absolute Gasteiger partial charge is 0.353 e. The highest BCUT2D eigenvalue weighted by Gasteiger charge is 2.19. The predicted molar refractivity (Wildman–Crippen MR) is 72.5 cm³/mol. The summed E-state index contributed by atoms with van der Waals surface area (Å²) in [5, 5.41) is 18.4. The van der Waals surface area contributed by atoms with Gasteiger partial charge in [-0.1, -0.05) is 0 Å². The number of carbonyl (C=O) groups is 2. The number of hydrogen-bond acceptors (Lipinski definition) is 4. The van der Waals surface area contributed by atoms with E-state index in [0.717, 1.165) is 16.7 Å². The number of aromatic carboxylic acids is 2. The molecule has 1 heterocycles. The largest absolute Gasteiger partial charge is 0.497 e. The summed E-state index contributed by atoms with van der Waals surface area (Å²) in [6, 6.07) is 7.87. The molecule has 0 bridgehead atoms. The van der Waals surface area contributed by atoms with E-state index in [1.54, 1.807) is 12.1 Å². The van der Waals surface area contributed by atoms with Crippen molar-refractivity contribution in [1.82, 2.24) is 4.57 Å². The molecule has 7 heteroatoms. The average Bonchev–Trinajstić information content (AvgIpc) is 2.46. The maximum absolute atomic E-state index is 11.4. The minimum atomic E-state index is -1.40. The molecule has 0 aliphatic carbocycles. The van der Waals surface area contributed by atoms with Gasteiger partial charge >= 0.3 is 11.9 Å². The van der Waals surface area contributed by atoms with Crippen LogP contribution in [0.15, 0.2) is 41.2 Å². The molecule has 0 saturated heterocycles. The molecule has 0 spiro atoms. The van der Waals surface area contributed by atoms with E-state index in [-0.39, 0.29) is 0 Å². The molecule has 0 saturated carbocycles. The minimum Gasteiger partial charge on any atom is -0.497 e. The SMILES string of the molecule is COc1ccc(-n2c(C(=O)O)cc(=O)cc2C(=O)O)cc1. The summed E-state index contributed by atoms with van der Waals surface area (Å²) >= 11 is 0. The van der Waals surface area contributed by atoms with E-state index >= 15 is 0 Å². The number of ether oxygens (including phenoxy) is 1. The van der Waals surface area contributed by atoms with Crippen LogP contribution in [0.25, 0.3) is 5.69 Å². The molecule has 108 valence electrons. The van der Waals surface area contributed by atoms with Gasteiger partial charge in [-0.05, 0) is 24.3 Å². The molecule has 7 nitrogen and oxygen atoms in total. The van der Waals surface area contributed by atoms with E-state index in [0.29, 0.717) is 11.4 Å². The van der Waals surface area contributed by atoms with Gasteiger partial charge in [-0.3, -0.25) is 9.36 Å². The van der Waals surface area contributed by atoms with Crippen molar-refractivity contribution in [3.05, 3.63) is 58.0 Å². The number of hydrogen-bond donors (Lipinski definition) is 2. The quantitative estimate of drug-likeness (QED) is 0.877. The molecule has 0 atom stereocenters. The fourth-order valence-corrected chi connectivity index (χ4v) is 1.89. The van der Waals surface area contributed by atoms with Gasteiger partial charge < -0.3 is 14.9 Å². The Morgan fingerprint density at radius 1 is 1.00 bits per heavy atom. The van der Waals surface area contributed by atoms with E-state index in [1.807, 2.05) is 0 Å². The first kappa shape index (κ1) is 14.3. The van der Waals surface area contributed by atoms with Crippen molar-refractivity contribution in [2.75, 3.05) is 7.11 Å². The number of carboxylic acid groups (broad SMARTS) is 2. The Kier molecular flexibility index (Phi) is 3.75. The van der Waals surface area contributed by atoms with Crippen LogP contribution in [-0.4, -0.2) is 33.8 Å². The lowest BCUT2D eigenvalue weighted by atomic mass is 10.2. The third-order valence-corrected chi connectivity index (χ3v) is 2.81. The van der Waals surface area contributed by atoms with Crippen LogP contribution in [-0.2, 0) is 0 Å². The summed E-state index contributed by atoms with van der Waals surface area (Å²) in [4.78, 5) is 34.0. The van der Waals surface area contributed by atoms with Crippen molar-refractivity contribution in [3.8, 4) is 11.4 Å². The van der Waals surface area contributed by atoms with Crippen LogP contribution in [0.2, 0.25) is 0 Å². The molecule has 0 aliphatic rings. The van der Waals surface area contributed by atoms with Crippen molar-refractivity contribution in [1.29, 1.82) is 0 Å². The van der Waals surface area contributed by atoms with Crippen LogP contribution in [0.1, 0.15) is 21.0 Å². The lowest BCUT2D eigenvalue weighted by Gasteiger charge is -2.14. The third-order valence-electron chi connectivity index (χ3n) is 2.81. The monoisotopic (exact) mass is 289 g/mol. The zero-order chi connectivity index (χ0) is 15.6. The van der Waals surface area contributed by atoms with Crippen molar-refractivity contribution in [3.63, 3.8) is 0 Å². The van der Waals surface area contributed by atoms with Gasteiger partial charge in [-0.15, -0.1) is 0 Å². The summed E-state index contributed by atoms with van der Waals surface area (Å²) < 4.78 is 5.98. The van der Waals surface area contributed by atoms with Crippen molar-refractivity contribution >= 4 is 11.9 Å². The minimum absolute atomic E-state index is 0.297. The van der Waals surface area contributed by atoms with Crippen LogP contribution in [0.3, 0.4) is 0 Å². The Labute approximate surface area is 118 Å². The maximum Gasteiger partial charge on any atom is 0.353 e. The van der Waals surface area contributed by atoms with Crippen LogP contribution >= 0.6 is 0 Å². The zero-order valence-corrected chi connectivity index (χ0v) is 10.9. The number of aromatic nitrogens is 1. The van der Waals surface area contributed by atoms with Gasteiger partial charge in [0, 0.05) is 17.8 Å². The lowest BCUT2D eigenvalue weighted by molar-refractivity contribution is 0.0678. The summed E-state index contributed by atoms with van der Waals surface area (Å²) in [5.41, 5.74) is -1.24. The zero-order valence-electron chi connectivity index (χ0n) is 10.9. The van der Waals surface area contributed by atoms with E-state index < -0.39 is 28.8 Å². The van der Waals surface area contributed by atoms with Gasteiger partial charge in [0.1, 0.15) is 17.1 Å². The Hall–Kier alpha value is -3.09. The van der Waals surface area contributed by atoms with E-state index in [1.165, 1.54) is 19.2 Å². The number of carboxylic acids is 2. The summed E-state index contributed by atoms with van der Waals surface area (Å²) in [6.45, 7) is 0. The third kappa shape index (κ3) is 2.76. The lowest BCUT2D eigenvalue weighted by Crippen LogP contribution is -2.22. The molecule has 1 aromatic carbocycles. The van der Waals surface area contributed by atoms with Gasteiger partial charge in [0.2, 0.25) is 0 Å². The Balaban J connectivity index is 2.77. The first-order valence-electron chi connectivity index (χ1n) is 5.82. The predicted octanol–water partition coefficient (Wildman–Crippen LogP) is 1.24. The molecular weight excluding hydrogens is 278 g/mol. The number of pyridine rings is 1. The topological polar surface area (TPSA) is 106 Å². The number of methoxy groups -OCH3 is 1. The average molecular weight is 289 g/mol. The Bertz CT molecular complexity index is 722. The molecule has 2 N–H and O–H groups in total. The van der Waals surface area contributed by atoms with Crippen molar-refractivity contribution in [2.45, 2.75) is 0 Å². The fourth-order valence-electron chi connectivity index (χ4n) is 1.89. The highest BCUT2D eigenvalue weighted by atomic mass is 16.5. The number of nitrogens with zero attached hydrogens (tertiary/aromatic N) is 1. The highest BCUT2D eigenvalue weighted by molar-refractivity contribution is 5.91. The number of rotatable bonds is 4. The molecule has 0 radical (unpaired) electrons. The Morgan fingerprint density at radius 2 is 1.48 bits per heavy atom. The van der Waals surface area contributed by atoms with E-state index in [4.69, 9.17) is 4.74 Å². The van der Waals surface area contributed by atoms with Gasteiger partial charge in [-0.25, -0.2) is 9.59 Å². The molecular formula is C14H11NO6. The van der Waals surface area contributed by atoms with Crippen LogP contribution in [0, 0.1) is 0 Å². The number of benzene rings is 1. The van der Waals surface area contributed by atoms with Crippen LogP contribution < -0.4 is 10.2 Å². The Morgan fingerprint density at radius 3 is 1.86 bits per heavy atom. The molecule has 0 aliphatic heterocycles. The molecule has 0 fully saturated rings. The van der Waals surface area contributed by atoms with Crippen LogP contribution in [0.4, 0.5) is 0 Å². The van der Waals surface area contributed by atoms with Crippen LogP contribution in [0.5, 0.6) is 5.75 Å². The van der Waals surface area contributed by atoms with Crippen molar-refractivity contribution in [2.24, 2.45) is 0 Å². The van der Waals surface area contributed by atoms with Crippen molar-refractivity contribution < 1.29 is 24.5 Å². The van der Waals surface area contributed by atoms with Gasteiger partial charge in [0.05, 0.1) is 7.11 Å². The maximum atomic E-state index is 11.4. The second-order valence-electron chi connectivity index (χ2n) is 4.11. The van der Waals surface area contributed by atoms with Gasteiger partial charge in [-0.2, -0.15) is 0 Å². The first-order valence-corrected chi connectivity index (χ1v) is 5.82. The highest BCUT2D eigenvalue weighted by Crippen LogP contribution is 2.18. The molecule has 2 rings (SSSR count). The van der Waals surface area contributed by atoms with E-state index in [9.17, 15) is 24.6 Å².